The minimum Gasteiger partial charge on any atom is -0.457 e. The first-order valence-corrected chi connectivity index (χ1v) is 6.15. The van der Waals surface area contributed by atoms with E-state index in [1.54, 1.807) is 6.92 Å². The van der Waals surface area contributed by atoms with Gasteiger partial charge in [-0.15, -0.1) is 0 Å². The Morgan fingerprint density at radius 1 is 1.05 bits per heavy atom. The SMILES string of the molecule is Cc1ccc(Oc2ccc(CN)c(C(F)(F)F)c2)cc1F. The maximum atomic E-state index is 13.4. The predicted octanol–water partition coefficient (Wildman–Crippen LogP) is 4.40. The summed E-state index contributed by atoms with van der Waals surface area (Å²) < 4.78 is 57.4. The standard InChI is InChI=1S/C15H13F4NO/c1-9-2-4-12(7-14(9)16)21-11-5-3-10(8-20)13(6-11)15(17,18)19/h2-7H,8,20H2,1H3. The van der Waals surface area contributed by atoms with Gasteiger partial charge in [-0.05, 0) is 36.2 Å². The highest BCUT2D eigenvalue weighted by atomic mass is 19.4. The van der Waals surface area contributed by atoms with Crippen molar-refractivity contribution in [3.8, 4) is 11.5 Å². The second-order valence-electron chi connectivity index (χ2n) is 4.53. The first-order chi connectivity index (χ1) is 9.81. The summed E-state index contributed by atoms with van der Waals surface area (Å²) in [6, 6.07) is 7.59. The lowest BCUT2D eigenvalue weighted by Crippen LogP contribution is -2.12. The van der Waals surface area contributed by atoms with Gasteiger partial charge in [0.25, 0.3) is 0 Å². The van der Waals surface area contributed by atoms with Crippen molar-refractivity contribution >= 4 is 0 Å². The molecule has 0 heterocycles. The van der Waals surface area contributed by atoms with E-state index in [0.29, 0.717) is 5.56 Å². The van der Waals surface area contributed by atoms with Gasteiger partial charge in [0.05, 0.1) is 5.56 Å². The highest BCUT2D eigenvalue weighted by molar-refractivity contribution is 5.40. The third-order valence-electron chi connectivity index (χ3n) is 2.99. The van der Waals surface area contributed by atoms with Crippen molar-refractivity contribution in [1.29, 1.82) is 0 Å². The molecule has 0 saturated carbocycles. The molecule has 112 valence electrons. The van der Waals surface area contributed by atoms with E-state index in [0.717, 1.165) is 12.1 Å². The number of aryl methyl sites for hydroxylation is 1. The average molecular weight is 299 g/mol. The van der Waals surface area contributed by atoms with E-state index in [1.165, 1.54) is 24.3 Å². The predicted molar refractivity (Wildman–Crippen MR) is 70.5 cm³/mol. The lowest BCUT2D eigenvalue weighted by Gasteiger charge is -2.14. The van der Waals surface area contributed by atoms with Gasteiger partial charge in [-0.1, -0.05) is 12.1 Å². The largest absolute Gasteiger partial charge is 0.457 e. The van der Waals surface area contributed by atoms with Crippen LogP contribution >= 0.6 is 0 Å². The smallest absolute Gasteiger partial charge is 0.416 e. The van der Waals surface area contributed by atoms with Crippen LogP contribution in [0.5, 0.6) is 11.5 Å². The molecule has 0 spiro atoms. The molecule has 2 rings (SSSR count). The van der Waals surface area contributed by atoms with Gasteiger partial charge in [-0.25, -0.2) is 4.39 Å². The lowest BCUT2D eigenvalue weighted by atomic mass is 10.1. The molecule has 6 heteroatoms. The fourth-order valence-electron chi connectivity index (χ4n) is 1.83. The zero-order chi connectivity index (χ0) is 15.6. The second kappa shape index (κ2) is 5.73. The molecular formula is C15H13F4NO. The lowest BCUT2D eigenvalue weighted by molar-refractivity contribution is -0.138. The summed E-state index contributed by atoms with van der Waals surface area (Å²) >= 11 is 0. The van der Waals surface area contributed by atoms with Crippen LogP contribution in [0.3, 0.4) is 0 Å². The quantitative estimate of drug-likeness (QED) is 0.852. The zero-order valence-corrected chi connectivity index (χ0v) is 11.2. The molecule has 0 aliphatic carbocycles. The van der Waals surface area contributed by atoms with Crippen LogP contribution in [-0.2, 0) is 12.7 Å². The number of rotatable bonds is 3. The third-order valence-corrected chi connectivity index (χ3v) is 2.99. The number of nitrogens with two attached hydrogens (primary N) is 1. The summed E-state index contributed by atoms with van der Waals surface area (Å²) in [5.74, 6) is -0.378. The minimum absolute atomic E-state index is 0.0232. The van der Waals surface area contributed by atoms with Crippen LogP contribution in [0.25, 0.3) is 0 Å². The van der Waals surface area contributed by atoms with Crippen molar-refractivity contribution in [3.63, 3.8) is 0 Å². The number of hydrogen-bond donors (Lipinski definition) is 1. The highest BCUT2D eigenvalue weighted by Crippen LogP contribution is 2.35. The molecular weight excluding hydrogens is 286 g/mol. The Labute approximate surface area is 119 Å². The molecule has 0 amide bonds. The van der Waals surface area contributed by atoms with Crippen LogP contribution in [0.4, 0.5) is 17.6 Å². The van der Waals surface area contributed by atoms with Gasteiger partial charge in [0.2, 0.25) is 0 Å². The van der Waals surface area contributed by atoms with Gasteiger partial charge in [0.15, 0.2) is 0 Å². The molecule has 21 heavy (non-hydrogen) atoms. The number of benzene rings is 2. The molecule has 0 saturated heterocycles. The zero-order valence-electron chi connectivity index (χ0n) is 11.2. The summed E-state index contributed by atoms with van der Waals surface area (Å²) in [6.45, 7) is 1.35. The molecule has 0 atom stereocenters. The van der Waals surface area contributed by atoms with E-state index >= 15 is 0 Å². The number of ether oxygens (including phenoxy) is 1. The van der Waals surface area contributed by atoms with E-state index in [4.69, 9.17) is 10.5 Å². The summed E-state index contributed by atoms with van der Waals surface area (Å²) in [7, 11) is 0. The molecule has 0 fully saturated rings. The van der Waals surface area contributed by atoms with Crippen LogP contribution in [-0.4, -0.2) is 0 Å². The summed E-state index contributed by atoms with van der Waals surface area (Å²) in [6.07, 6.45) is -4.52. The van der Waals surface area contributed by atoms with Crippen LogP contribution < -0.4 is 10.5 Å². The molecule has 0 bridgehead atoms. The third kappa shape index (κ3) is 3.52. The Morgan fingerprint density at radius 3 is 2.24 bits per heavy atom. The fraction of sp³-hybridized carbons (Fsp3) is 0.200. The van der Waals surface area contributed by atoms with E-state index < -0.39 is 17.6 Å². The molecule has 2 nitrogen and oxygen atoms in total. The molecule has 2 aromatic rings. The van der Waals surface area contributed by atoms with Gasteiger partial charge >= 0.3 is 6.18 Å². The van der Waals surface area contributed by atoms with Crippen LogP contribution in [0.2, 0.25) is 0 Å². The topological polar surface area (TPSA) is 35.2 Å². The second-order valence-corrected chi connectivity index (χ2v) is 4.53. The molecule has 0 aromatic heterocycles. The van der Waals surface area contributed by atoms with Crippen LogP contribution in [0.1, 0.15) is 16.7 Å². The average Bonchev–Trinajstić information content (AvgIpc) is 2.42. The maximum absolute atomic E-state index is 13.4. The van der Waals surface area contributed by atoms with Crippen molar-refractivity contribution < 1.29 is 22.3 Å². The Hall–Kier alpha value is -2.08. The van der Waals surface area contributed by atoms with E-state index in [2.05, 4.69) is 0 Å². The molecule has 2 N–H and O–H groups in total. The van der Waals surface area contributed by atoms with Gasteiger partial charge in [0, 0.05) is 12.6 Å². The summed E-state index contributed by atoms with van der Waals surface area (Å²) in [5, 5.41) is 0. The van der Waals surface area contributed by atoms with Crippen molar-refractivity contribution in [3.05, 3.63) is 58.9 Å². The Kier molecular flexibility index (Phi) is 4.18. The van der Waals surface area contributed by atoms with Crippen LogP contribution in [0.15, 0.2) is 36.4 Å². The van der Waals surface area contributed by atoms with Crippen molar-refractivity contribution in [1.82, 2.24) is 0 Å². The van der Waals surface area contributed by atoms with Gasteiger partial charge in [0.1, 0.15) is 17.3 Å². The van der Waals surface area contributed by atoms with Crippen LogP contribution in [0, 0.1) is 12.7 Å². The maximum Gasteiger partial charge on any atom is 0.416 e. The number of halogens is 4. The molecule has 2 aromatic carbocycles. The molecule has 0 unspecified atom stereocenters. The van der Waals surface area contributed by atoms with E-state index in [9.17, 15) is 17.6 Å². The van der Waals surface area contributed by atoms with E-state index in [1.807, 2.05) is 0 Å². The van der Waals surface area contributed by atoms with Gasteiger partial charge in [-0.2, -0.15) is 13.2 Å². The number of alkyl halides is 3. The Balaban J connectivity index is 2.34. The Bertz CT molecular complexity index is 653. The van der Waals surface area contributed by atoms with Crippen molar-refractivity contribution in [2.75, 3.05) is 0 Å². The summed E-state index contributed by atoms with van der Waals surface area (Å²) in [5.41, 5.74) is 4.85. The van der Waals surface area contributed by atoms with Crippen molar-refractivity contribution in [2.24, 2.45) is 5.73 Å². The van der Waals surface area contributed by atoms with Gasteiger partial charge in [-0.3, -0.25) is 0 Å². The van der Waals surface area contributed by atoms with Crippen molar-refractivity contribution in [2.45, 2.75) is 19.6 Å². The number of hydrogen-bond acceptors (Lipinski definition) is 2. The van der Waals surface area contributed by atoms with Gasteiger partial charge < -0.3 is 10.5 Å². The Morgan fingerprint density at radius 2 is 1.67 bits per heavy atom. The summed E-state index contributed by atoms with van der Waals surface area (Å²) in [4.78, 5) is 0. The fourth-order valence-corrected chi connectivity index (χ4v) is 1.83. The normalized spacial score (nSPS) is 11.5. The van der Waals surface area contributed by atoms with E-state index in [-0.39, 0.29) is 23.6 Å². The monoisotopic (exact) mass is 299 g/mol. The minimum atomic E-state index is -4.52. The molecule has 0 aliphatic heterocycles. The molecule has 0 aliphatic rings. The highest BCUT2D eigenvalue weighted by Gasteiger charge is 2.33. The molecule has 0 radical (unpaired) electrons. The first-order valence-electron chi connectivity index (χ1n) is 6.15. The first kappa shape index (κ1) is 15.3.